The van der Waals surface area contributed by atoms with Gasteiger partial charge in [0.05, 0.1) is 6.54 Å². The van der Waals surface area contributed by atoms with Crippen LogP contribution >= 0.6 is 0 Å². The van der Waals surface area contributed by atoms with Gasteiger partial charge in [0.1, 0.15) is 0 Å². The van der Waals surface area contributed by atoms with Gasteiger partial charge in [0.25, 0.3) is 0 Å². The monoisotopic (exact) mass is 179 g/mol. The Labute approximate surface area is 76.9 Å². The maximum atomic E-state index is 10.5. The van der Waals surface area contributed by atoms with Crippen molar-refractivity contribution >= 4 is 17.3 Å². The Morgan fingerprint density at radius 2 is 2.15 bits per heavy atom. The first-order chi connectivity index (χ1) is 6.08. The Morgan fingerprint density at radius 1 is 1.46 bits per heavy atom. The molecule has 70 valence electrons. The van der Waals surface area contributed by atoms with Crippen molar-refractivity contribution in [1.29, 1.82) is 0 Å². The maximum absolute atomic E-state index is 10.5. The number of aryl methyl sites for hydroxylation is 1. The van der Waals surface area contributed by atoms with Crippen molar-refractivity contribution in [3.8, 4) is 0 Å². The third kappa shape index (κ3) is 3.02. The average Bonchev–Trinajstić information content (AvgIpc) is 1.99. The molecule has 0 atom stereocenters. The predicted octanol–water partition coefficient (Wildman–Crippen LogP) is 0.474. The van der Waals surface area contributed by atoms with Gasteiger partial charge in [0.15, 0.2) is 0 Å². The molecule has 13 heavy (non-hydrogen) atoms. The second kappa shape index (κ2) is 3.80. The van der Waals surface area contributed by atoms with E-state index in [9.17, 15) is 4.79 Å². The maximum Gasteiger partial charge on any atom is 0.236 e. The fourth-order valence-corrected chi connectivity index (χ4v) is 1.10. The summed E-state index contributed by atoms with van der Waals surface area (Å²) in [7, 11) is 0. The molecule has 4 heteroatoms. The number of nitrogens with one attached hydrogen (secondary N) is 1. The van der Waals surface area contributed by atoms with Crippen LogP contribution in [0.25, 0.3) is 0 Å². The van der Waals surface area contributed by atoms with Crippen LogP contribution in [0.5, 0.6) is 0 Å². The van der Waals surface area contributed by atoms with E-state index < -0.39 is 0 Å². The zero-order chi connectivity index (χ0) is 9.84. The lowest BCUT2D eigenvalue weighted by atomic mass is 10.2. The quantitative estimate of drug-likeness (QED) is 0.590. The van der Waals surface area contributed by atoms with E-state index in [-0.39, 0.29) is 12.5 Å². The highest BCUT2D eigenvalue weighted by atomic mass is 16.1. The average molecular weight is 179 g/mol. The van der Waals surface area contributed by atoms with Crippen molar-refractivity contribution in [1.82, 2.24) is 0 Å². The number of carbonyl (C=O) groups is 1. The minimum absolute atomic E-state index is 0.128. The standard InChI is InChI=1S/C9H13N3O/c1-6-2-7(10)4-8(3-6)12-5-9(11)13/h2-4,12H,5,10H2,1H3,(H2,11,13). The zero-order valence-electron chi connectivity index (χ0n) is 7.50. The van der Waals surface area contributed by atoms with E-state index in [2.05, 4.69) is 5.32 Å². The lowest BCUT2D eigenvalue weighted by Gasteiger charge is -2.05. The van der Waals surface area contributed by atoms with Gasteiger partial charge in [-0.3, -0.25) is 4.79 Å². The minimum Gasteiger partial charge on any atom is -0.399 e. The first-order valence-corrected chi connectivity index (χ1v) is 3.97. The Morgan fingerprint density at radius 3 is 2.69 bits per heavy atom. The number of primary amides is 1. The van der Waals surface area contributed by atoms with Crippen molar-refractivity contribution in [2.24, 2.45) is 5.73 Å². The van der Waals surface area contributed by atoms with Gasteiger partial charge < -0.3 is 16.8 Å². The molecule has 0 saturated heterocycles. The first kappa shape index (κ1) is 9.38. The summed E-state index contributed by atoms with van der Waals surface area (Å²) in [5.74, 6) is -0.389. The predicted molar refractivity (Wildman–Crippen MR) is 53.3 cm³/mol. The molecule has 0 aliphatic heterocycles. The molecule has 0 aromatic heterocycles. The van der Waals surface area contributed by atoms with Crippen molar-refractivity contribution in [3.05, 3.63) is 23.8 Å². The van der Waals surface area contributed by atoms with Crippen LogP contribution in [0.2, 0.25) is 0 Å². The van der Waals surface area contributed by atoms with Gasteiger partial charge in [0.2, 0.25) is 5.91 Å². The van der Waals surface area contributed by atoms with Crippen LogP contribution in [-0.4, -0.2) is 12.5 Å². The van der Waals surface area contributed by atoms with E-state index in [1.807, 2.05) is 19.1 Å². The number of nitrogens with two attached hydrogens (primary N) is 2. The third-order valence-corrected chi connectivity index (χ3v) is 1.57. The summed E-state index contributed by atoms with van der Waals surface area (Å²) < 4.78 is 0. The zero-order valence-corrected chi connectivity index (χ0v) is 7.50. The lowest BCUT2D eigenvalue weighted by molar-refractivity contribution is -0.116. The van der Waals surface area contributed by atoms with Gasteiger partial charge in [0, 0.05) is 11.4 Å². The first-order valence-electron chi connectivity index (χ1n) is 3.97. The van der Waals surface area contributed by atoms with Crippen molar-refractivity contribution < 1.29 is 4.79 Å². The number of amides is 1. The smallest absolute Gasteiger partial charge is 0.236 e. The van der Waals surface area contributed by atoms with E-state index in [0.717, 1.165) is 11.3 Å². The Kier molecular flexibility index (Phi) is 2.74. The van der Waals surface area contributed by atoms with E-state index in [4.69, 9.17) is 11.5 Å². The third-order valence-electron chi connectivity index (χ3n) is 1.57. The van der Waals surface area contributed by atoms with Crippen LogP contribution in [0.3, 0.4) is 0 Å². The highest BCUT2D eigenvalue weighted by molar-refractivity contribution is 5.79. The summed E-state index contributed by atoms with van der Waals surface area (Å²) in [6.45, 7) is 2.06. The summed E-state index contributed by atoms with van der Waals surface area (Å²) in [4.78, 5) is 10.5. The van der Waals surface area contributed by atoms with Crippen LogP contribution in [-0.2, 0) is 4.79 Å². The molecule has 0 aliphatic carbocycles. The molecule has 1 aromatic carbocycles. The Bertz CT molecular complexity index is 302. The molecule has 1 rings (SSSR count). The van der Waals surface area contributed by atoms with Crippen molar-refractivity contribution in [2.75, 3.05) is 17.6 Å². The SMILES string of the molecule is Cc1cc(N)cc(NCC(N)=O)c1. The number of hydrogen-bond acceptors (Lipinski definition) is 3. The summed E-state index contributed by atoms with van der Waals surface area (Å²) >= 11 is 0. The van der Waals surface area contributed by atoms with Crippen LogP contribution in [0.4, 0.5) is 11.4 Å². The van der Waals surface area contributed by atoms with E-state index in [1.165, 1.54) is 0 Å². The molecular weight excluding hydrogens is 166 g/mol. The molecule has 0 fully saturated rings. The second-order valence-electron chi connectivity index (χ2n) is 2.95. The lowest BCUT2D eigenvalue weighted by Crippen LogP contribution is -2.21. The fraction of sp³-hybridized carbons (Fsp3) is 0.222. The minimum atomic E-state index is -0.389. The number of anilines is 2. The van der Waals surface area contributed by atoms with Crippen LogP contribution in [0.1, 0.15) is 5.56 Å². The van der Waals surface area contributed by atoms with Crippen LogP contribution in [0, 0.1) is 6.92 Å². The van der Waals surface area contributed by atoms with Crippen LogP contribution < -0.4 is 16.8 Å². The van der Waals surface area contributed by atoms with E-state index >= 15 is 0 Å². The largest absolute Gasteiger partial charge is 0.399 e. The second-order valence-corrected chi connectivity index (χ2v) is 2.95. The summed E-state index contributed by atoms with van der Waals surface area (Å²) in [5.41, 5.74) is 13.1. The molecule has 1 aromatic rings. The summed E-state index contributed by atoms with van der Waals surface area (Å²) in [5, 5.41) is 2.87. The molecule has 4 nitrogen and oxygen atoms in total. The molecule has 0 spiro atoms. The summed E-state index contributed by atoms with van der Waals surface area (Å²) in [6, 6.07) is 5.52. The van der Waals surface area contributed by atoms with Gasteiger partial charge >= 0.3 is 0 Å². The van der Waals surface area contributed by atoms with Gasteiger partial charge in [-0.05, 0) is 30.7 Å². The van der Waals surface area contributed by atoms with Crippen molar-refractivity contribution in [3.63, 3.8) is 0 Å². The van der Waals surface area contributed by atoms with Crippen molar-refractivity contribution in [2.45, 2.75) is 6.92 Å². The molecule has 0 unspecified atom stereocenters. The summed E-state index contributed by atoms with van der Waals surface area (Å²) in [6.07, 6.45) is 0. The fourth-order valence-electron chi connectivity index (χ4n) is 1.10. The molecule has 0 aliphatic rings. The Hall–Kier alpha value is -1.71. The van der Waals surface area contributed by atoms with Gasteiger partial charge in [-0.15, -0.1) is 0 Å². The normalized spacial score (nSPS) is 9.62. The molecule has 0 saturated carbocycles. The Balaban J connectivity index is 2.71. The van der Waals surface area contributed by atoms with E-state index in [0.29, 0.717) is 5.69 Å². The molecule has 0 radical (unpaired) electrons. The molecule has 1 amide bonds. The number of nitrogen functional groups attached to an aromatic ring is 1. The number of carbonyl (C=O) groups excluding carboxylic acids is 1. The highest BCUT2D eigenvalue weighted by Crippen LogP contribution is 2.15. The number of benzene rings is 1. The number of rotatable bonds is 3. The molecular formula is C9H13N3O. The van der Waals surface area contributed by atoms with E-state index in [1.54, 1.807) is 6.07 Å². The topological polar surface area (TPSA) is 81.1 Å². The number of hydrogen-bond donors (Lipinski definition) is 3. The van der Waals surface area contributed by atoms with Crippen LogP contribution in [0.15, 0.2) is 18.2 Å². The van der Waals surface area contributed by atoms with Gasteiger partial charge in [-0.2, -0.15) is 0 Å². The van der Waals surface area contributed by atoms with Gasteiger partial charge in [-0.25, -0.2) is 0 Å². The highest BCUT2D eigenvalue weighted by Gasteiger charge is 1.97. The molecule has 5 N–H and O–H groups in total. The van der Waals surface area contributed by atoms with Gasteiger partial charge in [-0.1, -0.05) is 0 Å². The molecule has 0 heterocycles. The molecule has 0 bridgehead atoms.